The van der Waals surface area contributed by atoms with Crippen molar-refractivity contribution in [2.75, 3.05) is 27.9 Å². The Hall–Kier alpha value is -2.69. The standard InChI is InChI=1S/C22H29NO4/c1-15-8-7-9-19(17(15)3)27-11-10-22(24)23(4)14-18-13-21(26-6)20(25-5)12-16(18)2/h7-9,12-13H,10-11,14H2,1-6H3. The van der Waals surface area contributed by atoms with E-state index in [9.17, 15) is 4.79 Å². The Morgan fingerprint density at radius 1 is 0.963 bits per heavy atom. The van der Waals surface area contributed by atoms with Crippen LogP contribution in [-0.4, -0.2) is 38.7 Å². The Labute approximate surface area is 161 Å². The molecule has 0 aliphatic carbocycles. The van der Waals surface area contributed by atoms with Crippen molar-refractivity contribution in [1.29, 1.82) is 0 Å². The van der Waals surface area contributed by atoms with Gasteiger partial charge in [0.1, 0.15) is 5.75 Å². The lowest BCUT2D eigenvalue weighted by Crippen LogP contribution is -2.27. The molecule has 0 heterocycles. The van der Waals surface area contributed by atoms with Crippen LogP contribution in [0.5, 0.6) is 17.2 Å². The normalized spacial score (nSPS) is 10.4. The third-order valence-electron chi connectivity index (χ3n) is 4.80. The molecule has 0 atom stereocenters. The van der Waals surface area contributed by atoms with Gasteiger partial charge in [-0.3, -0.25) is 4.79 Å². The maximum atomic E-state index is 12.5. The van der Waals surface area contributed by atoms with E-state index in [1.54, 1.807) is 26.2 Å². The number of carbonyl (C=O) groups excluding carboxylic acids is 1. The SMILES string of the molecule is COc1cc(C)c(CN(C)C(=O)CCOc2cccc(C)c2C)cc1OC. The van der Waals surface area contributed by atoms with Gasteiger partial charge in [-0.1, -0.05) is 12.1 Å². The predicted molar refractivity (Wildman–Crippen MR) is 107 cm³/mol. The first-order chi connectivity index (χ1) is 12.9. The average molecular weight is 371 g/mol. The molecule has 1 amide bonds. The quantitative estimate of drug-likeness (QED) is 0.702. The Bertz CT molecular complexity index is 801. The van der Waals surface area contributed by atoms with E-state index in [0.717, 1.165) is 22.4 Å². The lowest BCUT2D eigenvalue weighted by Gasteiger charge is -2.20. The van der Waals surface area contributed by atoms with Gasteiger partial charge in [-0.2, -0.15) is 0 Å². The summed E-state index contributed by atoms with van der Waals surface area (Å²) in [5, 5.41) is 0. The van der Waals surface area contributed by atoms with Crippen molar-refractivity contribution in [3.8, 4) is 17.2 Å². The van der Waals surface area contributed by atoms with Crippen molar-refractivity contribution in [3.05, 3.63) is 52.6 Å². The van der Waals surface area contributed by atoms with Crippen molar-refractivity contribution < 1.29 is 19.0 Å². The molecule has 27 heavy (non-hydrogen) atoms. The van der Waals surface area contributed by atoms with Gasteiger partial charge in [0, 0.05) is 13.6 Å². The van der Waals surface area contributed by atoms with Crippen LogP contribution in [0.25, 0.3) is 0 Å². The summed E-state index contributed by atoms with van der Waals surface area (Å²) in [5.41, 5.74) is 4.37. The van der Waals surface area contributed by atoms with E-state index in [2.05, 4.69) is 0 Å². The maximum Gasteiger partial charge on any atom is 0.226 e. The first-order valence-electron chi connectivity index (χ1n) is 9.01. The van der Waals surface area contributed by atoms with Gasteiger partial charge in [0.2, 0.25) is 5.91 Å². The van der Waals surface area contributed by atoms with E-state index in [-0.39, 0.29) is 5.91 Å². The fourth-order valence-corrected chi connectivity index (χ4v) is 2.86. The first kappa shape index (κ1) is 20.6. The minimum atomic E-state index is 0.0366. The van der Waals surface area contributed by atoms with Crippen LogP contribution in [0.2, 0.25) is 0 Å². The summed E-state index contributed by atoms with van der Waals surface area (Å²) in [7, 11) is 5.02. The lowest BCUT2D eigenvalue weighted by molar-refractivity contribution is -0.130. The van der Waals surface area contributed by atoms with Gasteiger partial charge >= 0.3 is 0 Å². The highest BCUT2D eigenvalue weighted by Crippen LogP contribution is 2.30. The Morgan fingerprint density at radius 3 is 2.30 bits per heavy atom. The molecule has 2 aromatic rings. The van der Waals surface area contributed by atoms with Crippen LogP contribution in [-0.2, 0) is 11.3 Å². The van der Waals surface area contributed by atoms with E-state index < -0.39 is 0 Å². The molecular formula is C22H29NO4. The van der Waals surface area contributed by atoms with Crippen molar-refractivity contribution in [1.82, 2.24) is 4.90 Å². The Morgan fingerprint density at radius 2 is 1.63 bits per heavy atom. The highest BCUT2D eigenvalue weighted by molar-refractivity contribution is 5.76. The van der Waals surface area contributed by atoms with E-state index in [0.29, 0.717) is 31.1 Å². The second-order valence-electron chi connectivity index (χ2n) is 6.68. The highest BCUT2D eigenvalue weighted by atomic mass is 16.5. The van der Waals surface area contributed by atoms with E-state index >= 15 is 0 Å². The van der Waals surface area contributed by atoms with Crippen molar-refractivity contribution in [2.24, 2.45) is 0 Å². The number of benzene rings is 2. The first-order valence-corrected chi connectivity index (χ1v) is 9.01. The molecule has 0 saturated heterocycles. The number of ether oxygens (including phenoxy) is 3. The number of methoxy groups -OCH3 is 2. The summed E-state index contributed by atoms with van der Waals surface area (Å²) in [6, 6.07) is 9.79. The summed E-state index contributed by atoms with van der Waals surface area (Å²) in [4.78, 5) is 14.2. The van der Waals surface area contributed by atoms with Gasteiger partial charge in [-0.25, -0.2) is 0 Å². The number of hydrogen-bond acceptors (Lipinski definition) is 4. The minimum absolute atomic E-state index is 0.0366. The van der Waals surface area contributed by atoms with Crippen LogP contribution in [0.3, 0.4) is 0 Å². The Kier molecular flexibility index (Phi) is 7.11. The number of aryl methyl sites for hydroxylation is 2. The van der Waals surface area contributed by atoms with Gasteiger partial charge in [0.25, 0.3) is 0 Å². The molecule has 0 saturated carbocycles. The summed E-state index contributed by atoms with van der Waals surface area (Å²) in [6.45, 7) is 6.94. The van der Waals surface area contributed by atoms with Gasteiger partial charge < -0.3 is 19.1 Å². The summed E-state index contributed by atoms with van der Waals surface area (Å²) in [5.74, 6) is 2.22. The molecule has 0 unspecified atom stereocenters. The average Bonchev–Trinajstić information content (AvgIpc) is 2.66. The zero-order valence-corrected chi connectivity index (χ0v) is 17.1. The van der Waals surface area contributed by atoms with Crippen LogP contribution in [0.1, 0.15) is 28.7 Å². The largest absolute Gasteiger partial charge is 0.493 e. The van der Waals surface area contributed by atoms with E-state index in [4.69, 9.17) is 14.2 Å². The summed E-state index contributed by atoms with van der Waals surface area (Å²) >= 11 is 0. The van der Waals surface area contributed by atoms with Crippen LogP contribution in [0, 0.1) is 20.8 Å². The minimum Gasteiger partial charge on any atom is -0.493 e. The predicted octanol–water partition coefficient (Wildman–Crippen LogP) is 4.06. The van der Waals surface area contributed by atoms with Gasteiger partial charge in [-0.15, -0.1) is 0 Å². The van der Waals surface area contributed by atoms with Crippen LogP contribution in [0.4, 0.5) is 0 Å². The molecule has 0 aliphatic heterocycles. The molecule has 0 aliphatic rings. The second kappa shape index (κ2) is 9.31. The fraction of sp³-hybridized carbons (Fsp3) is 0.409. The number of carbonyl (C=O) groups is 1. The van der Waals surface area contributed by atoms with Gasteiger partial charge in [0.05, 0.1) is 27.2 Å². The van der Waals surface area contributed by atoms with Crippen LogP contribution in [0.15, 0.2) is 30.3 Å². The second-order valence-corrected chi connectivity index (χ2v) is 6.68. The number of rotatable bonds is 8. The molecule has 5 heteroatoms. The number of amides is 1. The number of hydrogen-bond donors (Lipinski definition) is 0. The lowest BCUT2D eigenvalue weighted by atomic mass is 10.1. The molecule has 0 radical (unpaired) electrons. The third kappa shape index (κ3) is 5.16. The molecule has 0 spiro atoms. The fourth-order valence-electron chi connectivity index (χ4n) is 2.86. The molecule has 146 valence electrons. The number of nitrogens with zero attached hydrogens (tertiary/aromatic N) is 1. The third-order valence-corrected chi connectivity index (χ3v) is 4.80. The van der Waals surface area contributed by atoms with Crippen molar-refractivity contribution >= 4 is 5.91 Å². The molecule has 0 N–H and O–H groups in total. The highest BCUT2D eigenvalue weighted by Gasteiger charge is 2.14. The zero-order chi connectivity index (χ0) is 20.0. The van der Waals surface area contributed by atoms with Crippen molar-refractivity contribution in [2.45, 2.75) is 33.7 Å². The summed E-state index contributed by atoms with van der Waals surface area (Å²) in [6.07, 6.45) is 0.330. The monoisotopic (exact) mass is 371 g/mol. The molecule has 2 rings (SSSR count). The van der Waals surface area contributed by atoms with Gasteiger partial charge in [-0.05, 0) is 61.2 Å². The zero-order valence-electron chi connectivity index (χ0n) is 17.1. The van der Waals surface area contributed by atoms with Crippen LogP contribution >= 0.6 is 0 Å². The smallest absolute Gasteiger partial charge is 0.226 e. The molecule has 2 aromatic carbocycles. The van der Waals surface area contributed by atoms with Crippen molar-refractivity contribution in [3.63, 3.8) is 0 Å². The van der Waals surface area contributed by atoms with E-state index in [1.165, 1.54) is 5.56 Å². The topological polar surface area (TPSA) is 48.0 Å². The Balaban J connectivity index is 1.95. The van der Waals surface area contributed by atoms with Gasteiger partial charge in [0.15, 0.2) is 11.5 Å². The molecule has 5 nitrogen and oxygen atoms in total. The molecule has 0 bridgehead atoms. The summed E-state index contributed by atoms with van der Waals surface area (Å²) < 4.78 is 16.5. The molecule has 0 aromatic heterocycles. The molecular weight excluding hydrogens is 342 g/mol. The maximum absolute atomic E-state index is 12.5. The molecule has 0 fully saturated rings. The van der Waals surface area contributed by atoms with Crippen LogP contribution < -0.4 is 14.2 Å². The van der Waals surface area contributed by atoms with E-state index in [1.807, 2.05) is 51.1 Å².